The Morgan fingerprint density at radius 2 is 1.68 bits per heavy atom. The van der Waals surface area contributed by atoms with Crippen molar-refractivity contribution in [3.05, 3.63) is 114 Å². The number of imidazole rings is 1. The van der Waals surface area contributed by atoms with Crippen molar-refractivity contribution in [3.8, 4) is 16.8 Å². The summed E-state index contributed by atoms with van der Waals surface area (Å²) in [5.41, 5.74) is 7.17. The van der Waals surface area contributed by atoms with Crippen LogP contribution in [0.2, 0.25) is 0 Å². The zero-order valence-electron chi connectivity index (χ0n) is 22.6. The van der Waals surface area contributed by atoms with Crippen LogP contribution in [0.3, 0.4) is 0 Å². The van der Waals surface area contributed by atoms with Crippen LogP contribution in [-0.2, 0) is 13.0 Å². The number of aryl methyl sites for hydroxylation is 2. The maximum Gasteiger partial charge on any atom is 0.336 e. The van der Waals surface area contributed by atoms with Crippen LogP contribution in [0, 0.1) is 6.92 Å². The molecule has 7 heteroatoms. The van der Waals surface area contributed by atoms with E-state index in [0.29, 0.717) is 17.8 Å². The zero-order valence-corrected chi connectivity index (χ0v) is 22.6. The molecule has 0 radical (unpaired) electrons. The van der Waals surface area contributed by atoms with E-state index >= 15 is 0 Å². The number of rotatable bonds is 9. The maximum absolute atomic E-state index is 12.6. The van der Waals surface area contributed by atoms with Crippen molar-refractivity contribution in [1.29, 1.82) is 0 Å². The molecule has 0 fully saturated rings. The maximum atomic E-state index is 12.6. The highest BCUT2D eigenvalue weighted by atomic mass is 16.4. The average molecular weight is 533 g/mol. The first-order valence-electron chi connectivity index (χ1n) is 13.5. The average Bonchev–Trinajstić information content (AvgIpc) is 3.33. The lowest BCUT2D eigenvalue weighted by Gasteiger charge is -2.14. The summed E-state index contributed by atoms with van der Waals surface area (Å²) in [5, 5.41) is 15.5. The number of amides is 2. The molecular formula is C33H32N4O3. The van der Waals surface area contributed by atoms with Gasteiger partial charge in [0.15, 0.2) is 0 Å². The number of benzene rings is 4. The summed E-state index contributed by atoms with van der Waals surface area (Å²) < 4.78 is 2.14. The van der Waals surface area contributed by atoms with E-state index in [4.69, 9.17) is 4.98 Å². The lowest BCUT2D eigenvalue weighted by molar-refractivity contribution is 0.0697. The molecule has 3 N–H and O–H groups in total. The molecule has 0 unspecified atom stereocenters. The Kier molecular flexibility index (Phi) is 7.92. The van der Waals surface area contributed by atoms with Gasteiger partial charge in [0.1, 0.15) is 5.82 Å². The second-order valence-electron chi connectivity index (χ2n) is 9.81. The Morgan fingerprint density at radius 1 is 0.900 bits per heavy atom. The number of carbonyl (C=O) groups excluding carboxylic acids is 1. The van der Waals surface area contributed by atoms with Crippen molar-refractivity contribution in [1.82, 2.24) is 14.9 Å². The third-order valence-electron chi connectivity index (χ3n) is 6.95. The number of urea groups is 1. The van der Waals surface area contributed by atoms with Crippen LogP contribution in [0.4, 0.5) is 10.5 Å². The van der Waals surface area contributed by atoms with Gasteiger partial charge in [0.25, 0.3) is 0 Å². The third-order valence-corrected chi connectivity index (χ3v) is 6.95. The van der Waals surface area contributed by atoms with E-state index in [9.17, 15) is 14.7 Å². The van der Waals surface area contributed by atoms with Crippen molar-refractivity contribution in [2.75, 3.05) is 5.32 Å². The topological polar surface area (TPSA) is 96.3 Å². The molecule has 0 aliphatic carbocycles. The second kappa shape index (κ2) is 11.9. The summed E-state index contributed by atoms with van der Waals surface area (Å²) in [7, 11) is 0. The van der Waals surface area contributed by atoms with Crippen molar-refractivity contribution in [2.24, 2.45) is 0 Å². The number of unbranched alkanes of at least 4 members (excludes halogenated alkanes) is 1. The van der Waals surface area contributed by atoms with Crippen molar-refractivity contribution >= 4 is 28.7 Å². The fourth-order valence-corrected chi connectivity index (χ4v) is 4.94. The second-order valence-corrected chi connectivity index (χ2v) is 9.81. The van der Waals surface area contributed by atoms with Crippen LogP contribution in [0.5, 0.6) is 0 Å². The summed E-state index contributed by atoms with van der Waals surface area (Å²) >= 11 is 0. The Bertz CT molecular complexity index is 1670. The van der Waals surface area contributed by atoms with Gasteiger partial charge in [0, 0.05) is 24.3 Å². The normalized spacial score (nSPS) is 10.9. The third kappa shape index (κ3) is 5.73. The van der Waals surface area contributed by atoms with Crippen LogP contribution in [0.15, 0.2) is 91.0 Å². The lowest BCUT2D eigenvalue weighted by atomic mass is 9.95. The first-order valence-corrected chi connectivity index (χ1v) is 13.5. The smallest absolute Gasteiger partial charge is 0.336 e. The molecule has 0 atom stereocenters. The van der Waals surface area contributed by atoms with Crippen molar-refractivity contribution in [2.45, 2.75) is 39.7 Å². The van der Waals surface area contributed by atoms with Crippen molar-refractivity contribution in [3.63, 3.8) is 0 Å². The molecule has 0 saturated carbocycles. The van der Waals surface area contributed by atoms with Gasteiger partial charge in [-0.1, -0.05) is 67.9 Å². The number of fused-ring (bicyclic) bond motifs is 1. The van der Waals surface area contributed by atoms with Gasteiger partial charge in [-0.15, -0.1) is 0 Å². The summed E-state index contributed by atoms with van der Waals surface area (Å²) in [6.45, 7) is 4.58. The Hall–Kier alpha value is -4.91. The number of anilines is 1. The van der Waals surface area contributed by atoms with E-state index in [-0.39, 0.29) is 11.6 Å². The highest BCUT2D eigenvalue weighted by molar-refractivity contribution is 5.96. The van der Waals surface area contributed by atoms with E-state index in [0.717, 1.165) is 58.5 Å². The molecular weight excluding hydrogens is 500 g/mol. The molecule has 0 aliphatic rings. The molecule has 4 aromatic carbocycles. The predicted molar refractivity (Wildman–Crippen MR) is 159 cm³/mol. The van der Waals surface area contributed by atoms with E-state index in [1.165, 1.54) is 0 Å². The Morgan fingerprint density at radius 3 is 2.42 bits per heavy atom. The number of aromatic carboxylic acids is 1. The molecule has 7 nitrogen and oxygen atoms in total. The number of nitrogens with one attached hydrogen (secondary N) is 2. The fraction of sp³-hybridized carbons (Fsp3) is 0.182. The molecule has 1 aromatic heterocycles. The standard InChI is InChI=1S/C33H32N4O3/c1-3-4-14-31-36-29-18-15-24(35-33(40)34-21-23-10-6-5-7-11-23)20-30(29)37(31)25-16-17-26(22(2)19-25)27-12-8-9-13-28(27)32(38)39/h5-13,15-20H,3-4,14,21H2,1-2H3,(H,38,39)(H2,34,35,40). The molecule has 0 aliphatic heterocycles. The largest absolute Gasteiger partial charge is 0.478 e. The van der Waals surface area contributed by atoms with Gasteiger partial charge in [-0.25, -0.2) is 14.6 Å². The van der Waals surface area contributed by atoms with Gasteiger partial charge in [-0.2, -0.15) is 0 Å². The van der Waals surface area contributed by atoms with E-state index in [1.807, 2.05) is 79.7 Å². The van der Waals surface area contributed by atoms with Crippen LogP contribution >= 0.6 is 0 Å². The molecule has 1 heterocycles. The predicted octanol–water partition coefficient (Wildman–Crippen LogP) is 7.36. The minimum Gasteiger partial charge on any atom is -0.478 e. The first-order chi connectivity index (χ1) is 19.4. The highest BCUT2D eigenvalue weighted by Gasteiger charge is 2.17. The summed E-state index contributed by atoms with van der Waals surface area (Å²) in [4.78, 5) is 29.4. The Balaban J connectivity index is 1.49. The molecule has 202 valence electrons. The Labute approximate surface area is 233 Å². The first kappa shape index (κ1) is 26.7. The minimum atomic E-state index is -0.950. The monoisotopic (exact) mass is 532 g/mol. The lowest BCUT2D eigenvalue weighted by Crippen LogP contribution is -2.28. The number of carbonyl (C=O) groups is 2. The summed E-state index contributed by atoms with van der Waals surface area (Å²) in [6, 6.07) is 28.3. The van der Waals surface area contributed by atoms with Gasteiger partial charge in [-0.3, -0.25) is 4.57 Å². The number of hydrogen-bond donors (Lipinski definition) is 3. The van der Waals surface area contributed by atoms with Crippen LogP contribution < -0.4 is 10.6 Å². The SMILES string of the molecule is CCCCc1nc2ccc(NC(=O)NCc3ccccc3)cc2n1-c1ccc(-c2ccccc2C(=O)O)c(C)c1. The molecule has 40 heavy (non-hydrogen) atoms. The van der Waals surface area contributed by atoms with Gasteiger partial charge in [-0.05, 0) is 72.0 Å². The number of nitrogens with zero attached hydrogens (tertiary/aromatic N) is 2. The molecule has 0 saturated heterocycles. The van der Waals surface area contributed by atoms with Crippen LogP contribution in [0.1, 0.15) is 47.1 Å². The molecule has 0 spiro atoms. The van der Waals surface area contributed by atoms with Crippen LogP contribution in [0.25, 0.3) is 27.8 Å². The summed E-state index contributed by atoms with van der Waals surface area (Å²) in [5.74, 6) is -0.00465. The molecule has 5 aromatic rings. The van der Waals surface area contributed by atoms with Crippen LogP contribution in [-0.4, -0.2) is 26.7 Å². The minimum absolute atomic E-state index is 0.274. The van der Waals surface area contributed by atoms with Gasteiger partial charge in [0.05, 0.1) is 16.6 Å². The number of carboxylic acid groups (broad SMARTS) is 1. The summed E-state index contributed by atoms with van der Waals surface area (Å²) in [6.07, 6.45) is 2.86. The van der Waals surface area contributed by atoms with Crippen molar-refractivity contribution < 1.29 is 14.7 Å². The molecule has 2 amide bonds. The number of hydrogen-bond acceptors (Lipinski definition) is 3. The zero-order chi connectivity index (χ0) is 28.1. The highest BCUT2D eigenvalue weighted by Crippen LogP contribution is 2.31. The fourth-order valence-electron chi connectivity index (χ4n) is 4.94. The van der Waals surface area contributed by atoms with Gasteiger partial charge < -0.3 is 15.7 Å². The van der Waals surface area contributed by atoms with Gasteiger partial charge in [0.2, 0.25) is 0 Å². The molecule has 5 rings (SSSR count). The van der Waals surface area contributed by atoms with Gasteiger partial charge >= 0.3 is 12.0 Å². The quantitative estimate of drug-likeness (QED) is 0.185. The van der Waals surface area contributed by atoms with E-state index < -0.39 is 5.97 Å². The number of aromatic nitrogens is 2. The van der Waals surface area contributed by atoms with E-state index in [2.05, 4.69) is 28.2 Å². The molecule has 0 bridgehead atoms. The van der Waals surface area contributed by atoms with E-state index in [1.54, 1.807) is 12.1 Å². The number of carboxylic acids is 1.